The Labute approximate surface area is 186 Å². The van der Waals surface area contributed by atoms with E-state index in [2.05, 4.69) is 5.32 Å². The maximum Gasteiger partial charge on any atom is 0.331 e. The lowest BCUT2D eigenvalue weighted by atomic mass is 10.1. The third-order valence-corrected chi connectivity index (χ3v) is 6.16. The molecule has 0 radical (unpaired) electrons. The van der Waals surface area contributed by atoms with E-state index in [0.717, 1.165) is 22.3 Å². The minimum absolute atomic E-state index is 0.157. The Bertz CT molecular complexity index is 1360. The number of carbonyl (C=O) groups excluding carboxylic acids is 1. The zero-order chi connectivity index (χ0) is 22.1. The molecule has 1 amide bonds. The van der Waals surface area contributed by atoms with Crippen molar-refractivity contribution in [2.75, 3.05) is 0 Å². The number of halogens is 1. The maximum absolute atomic E-state index is 12.8. The van der Waals surface area contributed by atoms with Crippen molar-refractivity contribution < 1.29 is 14.7 Å². The van der Waals surface area contributed by atoms with Crippen LogP contribution in [0, 0.1) is 6.92 Å². The largest absolute Gasteiger partial charge is 0.479 e. The summed E-state index contributed by atoms with van der Waals surface area (Å²) in [5.74, 6) is -1.72. The van der Waals surface area contributed by atoms with Gasteiger partial charge in [-0.2, -0.15) is 0 Å². The molecule has 0 fully saturated rings. The van der Waals surface area contributed by atoms with Gasteiger partial charge in [-0.3, -0.25) is 14.2 Å². The van der Waals surface area contributed by atoms with E-state index >= 15 is 0 Å². The number of nitrogens with zero attached hydrogens (tertiary/aromatic N) is 1. The summed E-state index contributed by atoms with van der Waals surface area (Å²) in [7, 11) is 0. The van der Waals surface area contributed by atoms with Crippen molar-refractivity contribution in [3.8, 4) is 5.69 Å². The number of aromatic nitrogens is 1. The van der Waals surface area contributed by atoms with Crippen LogP contribution in [0.5, 0.6) is 0 Å². The number of aryl methyl sites for hydroxylation is 1. The summed E-state index contributed by atoms with van der Waals surface area (Å²) in [4.78, 5) is 37.5. The van der Waals surface area contributed by atoms with E-state index < -0.39 is 17.9 Å². The molecule has 0 aliphatic carbocycles. The van der Waals surface area contributed by atoms with E-state index in [-0.39, 0.29) is 11.1 Å². The van der Waals surface area contributed by atoms with Gasteiger partial charge in [0.15, 0.2) is 6.04 Å². The van der Waals surface area contributed by atoms with Crippen molar-refractivity contribution in [1.29, 1.82) is 0 Å². The van der Waals surface area contributed by atoms with Gasteiger partial charge in [0, 0.05) is 27.7 Å². The number of thiophene rings is 1. The van der Waals surface area contributed by atoms with Gasteiger partial charge < -0.3 is 10.4 Å². The summed E-state index contributed by atoms with van der Waals surface area (Å²) >= 11 is 6.98. The van der Waals surface area contributed by atoms with Gasteiger partial charge in [-0.25, -0.2) is 4.79 Å². The fraction of sp³-hybridized carbons (Fsp3) is 0.0870. The monoisotopic (exact) mass is 452 g/mol. The summed E-state index contributed by atoms with van der Waals surface area (Å²) in [6.45, 7) is 1.97. The lowest BCUT2D eigenvalue weighted by Crippen LogP contribution is -2.33. The molecule has 4 rings (SSSR count). The molecule has 2 heterocycles. The number of rotatable bonds is 5. The molecule has 1 unspecified atom stereocenters. The minimum atomic E-state index is -1.20. The fourth-order valence-electron chi connectivity index (χ4n) is 3.30. The lowest BCUT2D eigenvalue weighted by Gasteiger charge is -2.13. The van der Waals surface area contributed by atoms with Gasteiger partial charge in [-0.1, -0.05) is 29.3 Å². The molecule has 0 saturated heterocycles. The number of hydrogen-bond acceptors (Lipinski definition) is 4. The van der Waals surface area contributed by atoms with Crippen LogP contribution >= 0.6 is 22.9 Å². The summed E-state index contributed by atoms with van der Waals surface area (Å²) in [6, 6.07) is 15.9. The van der Waals surface area contributed by atoms with Crippen LogP contribution in [0.3, 0.4) is 0 Å². The molecule has 0 aliphatic rings. The first kappa shape index (κ1) is 20.8. The van der Waals surface area contributed by atoms with E-state index in [9.17, 15) is 19.5 Å². The SMILES string of the molecule is Cc1ccc2c(=O)n(-c3ccc(C(=O)NC(C(=O)O)c4ccc(Cl)s4)cc3)ccc2c1. The molecule has 2 aromatic carbocycles. The molecule has 8 heteroatoms. The number of carboxylic acids is 1. The van der Waals surface area contributed by atoms with Gasteiger partial charge in [0.25, 0.3) is 11.5 Å². The first-order valence-corrected chi connectivity index (χ1v) is 10.5. The Kier molecular flexibility index (Phi) is 5.63. The summed E-state index contributed by atoms with van der Waals surface area (Å²) < 4.78 is 1.95. The summed E-state index contributed by atoms with van der Waals surface area (Å²) in [5.41, 5.74) is 1.80. The molecule has 2 N–H and O–H groups in total. The number of carbonyl (C=O) groups is 2. The zero-order valence-electron chi connectivity index (χ0n) is 16.3. The highest BCUT2D eigenvalue weighted by atomic mass is 35.5. The second-order valence-corrected chi connectivity index (χ2v) is 8.76. The van der Waals surface area contributed by atoms with Gasteiger partial charge in [0.05, 0.1) is 4.34 Å². The van der Waals surface area contributed by atoms with Crippen LogP contribution in [0.1, 0.15) is 26.8 Å². The standard InChI is InChI=1S/C23H17ClN2O4S/c1-13-2-7-17-15(12-13)10-11-26(22(17)28)16-5-3-14(4-6-16)21(27)25-20(23(29)30)18-8-9-19(24)31-18/h2-12,20H,1H3,(H,25,27)(H,29,30). The van der Waals surface area contributed by atoms with Gasteiger partial charge in [0.1, 0.15) is 0 Å². The van der Waals surface area contributed by atoms with E-state index in [4.69, 9.17) is 11.6 Å². The van der Waals surface area contributed by atoms with E-state index in [1.54, 1.807) is 48.7 Å². The average molecular weight is 453 g/mol. The van der Waals surface area contributed by atoms with Gasteiger partial charge in [-0.05, 0) is 60.8 Å². The molecule has 4 aromatic rings. The Morgan fingerprint density at radius 1 is 1.06 bits per heavy atom. The van der Waals surface area contributed by atoms with Crippen molar-refractivity contribution in [2.45, 2.75) is 13.0 Å². The number of amides is 1. The first-order chi connectivity index (χ1) is 14.8. The van der Waals surface area contributed by atoms with Crippen LogP contribution < -0.4 is 10.9 Å². The molecule has 0 saturated carbocycles. The maximum atomic E-state index is 12.8. The molecular formula is C23H17ClN2O4S. The minimum Gasteiger partial charge on any atom is -0.479 e. The highest BCUT2D eigenvalue weighted by Crippen LogP contribution is 2.27. The Morgan fingerprint density at radius 2 is 1.81 bits per heavy atom. The van der Waals surface area contributed by atoms with Crippen LogP contribution in [0.4, 0.5) is 0 Å². The van der Waals surface area contributed by atoms with Crippen LogP contribution in [0.2, 0.25) is 4.34 Å². The van der Waals surface area contributed by atoms with Gasteiger partial charge >= 0.3 is 5.97 Å². The molecule has 0 aliphatic heterocycles. The van der Waals surface area contributed by atoms with Crippen molar-refractivity contribution in [3.63, 3.8) is 0 Å². The van der Waals surface area contributed by atoms with Gasteiger partial charge in [0.2, 0.25) is 0 Å². The third kappa shape index (κ3) is 4.23. The van der Waals surface area contributed by atoms with Crippen molar-refractivity contribution >= 4 is 45.6 Å². The van der Waals surface area contributed by atoms with Crippen LogP contribution in [0.25, 0.3) is 16.5 Å². The Morgan fingerprint density at radius 3 is 2.45 bits per heavy atom. The second-order valence-electron chi connectivity index (χ2n) is 7.02. The number of carboxylic acid groups (broad SMARTS) is 1. The highest BCUT2D eigenvalue weighted by molar-refractivity contribution is 7.16. The molecule has 6 nitrogen and oxygen atoms in total. The number of nitrogens with one attached hydrogen (secondary N) is 1. The quantitative estimate of drug-likeness (QED) is 0.464. The summed E-state index contributed by atoms with van der Waals surface area (Å²) in [6.07, 6.45) is 1.69. The highest BCUT2D eigenvalue weighted by Gasteiger charge is 2.24. The fourth-order valence-corrected chi connectivity index (χ4v) is 4.40. The molecule has 2 aromatic heterocycles. The van der Waals surface area contributed by atoms with Crippen molar-refractivity contribution in [3.05, 3.63) is 97.6 Å². The third-order valence-electron chi connectivity index (χ3n) is 4.87. The van der Waals surface area contributed by atoms with E-state index in [1.807, 2.05) is 25.1 Å². The molecule has 0 spiro atoms. The Balaban J connectivity index is 1.59. The number of hydrogen-bond donors (Lipinski definition) is 2. The normalized spacial score (nSPS) is 11.9. The van der Waals surface area contributed by atoms with Crippen LogP contribution in [-0.4, -0.2) is 21.6 Å². The van der Waals surface area contributed by atoms with E-state index in [0.29, 0.717) is 20.3 Å². The Hall–Kier alpha value is -3.42. The molecule has 0 bridgehead atoms. The molecular weight excluding hydrogens is 436 g/mol. The summed E-state index contributed by atoms with van der Waals surface area (Å²) in [5, 5.41) is 13.4. The molecule has 156 valence electrons. The van der Waals surface area contributed by atoms with E-state index in [1.165, 1.54) is 4.57 Å². The molecule has 1 atom stereocenters. The second kappa shape index (κ2) is 8.37. The molecule has 31 heavy (non-hydrogen) atoms. The van der Waals surface area contributed by atoms with Crippen molar-refractivity contribution in [2.24, 2.45) is 0 Å². The zero-order valence-corrected chi connectivity index (χ0v) is 17.9. The van der Waals surface area contributed by atoms with Crippen LogP contribution in [-0.2, 0) is 4.79 Å². The smallest absolute Gasteiger partial charge is 0.331 e. The lowest BCUT2D eigenvalue weighted by molar-refractivity contribution is -0.139. The first-order valence-electron chi connectivity index (χ1n) is 9.35. The topological polar surface area (TPSA) is 88.4 Å². The number of aliphatic carboxylic acids is 1. The predicted octanol–water partition coefficient (Wildman–Crippen LogP) is 4.57. The van der Waals surface area contributed by atoms with Gasteiger partial charge in [-0.15, -0.1) is 11.3 Å². The average Bonchev–Trinajstić information content (AvgIpc) is 3.17. The number of fused-ring (bicyclic) bond motifs is 1. The van der Waals surface area contributed by atoms with Crippen molar-refractivity contribution in [1.82, 2.24) is 9.88 Å². The predicted molar refractivity (Wildman–Crippen MR) is 121 cm³/mol. The number of pyridine rings is 1. The van der Waals surface area contributed by atoms with Crippen LogP contribution in [0.15, 0.2) is 71.7 Å². The number of benzene rings is 2.